The van der Waals surface area contributed by atoms with E-state index in [1.54, 1.807) is 0 Å². The summed E-state index contributed by atoms with van der Waals surface area (Å²) in [6, 6.07) is 0. The third-order valence-corrected chi connectivity index (χ3v) is 0.427. The molecule has 0 heterocycles. The van der Waals surface area contributed by atoms with Crippen LogP contribution in [0.2, 0.25) is 0 Å². The molecule has 0 aliphatic carbocycles. The average Bonchev–Trinajstić information content (AvgIpc) is 1.41. The van der Waals surface area contributed by atoms with E-state index in [9.17, 15) is 0 Å². The van der Waals surface area contributed by atoms with E-state index in [4.69, 9.17) is 0 Å². The predicted molar refractivity (Wildman–Crippen MR) is 23.9 cm³/mol. The Hall–Kier alpha value is -0.0400. The van der Waals surface area contributed by atoms with Crippen molar-refractivity contribution >= 4 is 0 Å². The highest BCUT2D eigenvalue weighted by Crippen LogP contribution is 1.61. The number of hydrogen-bond donors (Lipinski definition) is 1. The summed E-state index contributed by atoms with van der Waals surface area (Å²) in [5, 5.41) is 2.95. The SMILES string of the molecule is [CH2]CCNC. The van der Waals surface area contributed by atoms with Crippen molar-refractivity contribution < 1.29 is 0 Å². The summed E-state index contributed by atoms with van der Waals surface area (Å²) in [6.07, 6.45) is 0.983. The van der Waals surface area contributed by atoms with Crippen molar-refractivity contribution in [3.8, 4) is 0 Å². The van der Waals surface area contributed by atoms with Crippen molar-refractivity contribution in [1.82, 2.24) is 5.32 Å². The van der Waals surface area contributed by atoms with Gasteiger partial charge in [0.1, 0.15) is 0 Å². The molecule has 1 heteroatoms. The molecule has 0 aromatic carbocycles. The fourth-order valence-corrected chi connectivity index (χ4v) is 0.177. The molecule has 0 spiro atoms. The van der Waals surface area contributed by atoms with E-state index in [2.05, 4.69) is 12.2 Å². The summed E-state index contributed by atoms with van der Waals surface area (Å²) >= 11 is 0. The van der Waals surface area contributed by atoms with Crippen LogP contribution in [-0.4, -0.2) is 13.6 Å². The van der Waals surface area contributed by atoms with Gasteiger partial charge in [-0.2, -0.15) is 0 Å². The predicted octanol–water partition coefficient (Wildman–Crippen LogP) is 0.430. The second kappa shape index (κ2) is 3.96. The Morgan fingerprint density at radius 1 is 1.80 bits per heavy atom. The van der Waals surface area contributed by atoms with Gasteiger partial charge in [-0.15, -0.1) is 0 Å². The third-order valence-electron chi connectivity index (χ3n) is 0.427. The molecule has 0 atom stereocenters. The van der Waals surface area contributed by atoms with Gasteiger partial charge >= 0.3 is 0 Å². The van der Waals surface area contributed by atoms with E-state index in [1.165, 1.54) is 0 Å². The lowest BCUT2D eigenvalue weighted by Gasteiger charge is -1.84. The van der Waals surface area contributed by atoms with Crippen LogP contribution in [0.25, 0.3) is 0 Å². The van der Waals surface area contributed by atoms with E-state index < -0.39 is 0 Å². The zero-order valence-corrected chi connectivity index (χ0v) is 3.62. The molecule has 31 valence electrons. The molecule has 0 saturated heterocycles. The van der Waals surface area contributed by atoms with Gasteiger partial charge in [-0.1, -0.05) is 6.92 Å². The molecule has 0 amide bonds. The lowest BCUT2D eigenvalue weighted by atomic mass is 10.5. The molecular formula is C4H10N. The van der Waals surface area contributed by atoms with Crippen molar-refractivity contribution in [1.29, 1.82) is 0 Å². The Morgan fingerprint density at radius 3 is 2.40 bits per heavy atom. The summed E-state index contributed by atoms with van der Waals surface area (Å²) in [4.78, 5) is 0. The fourth-order valence-electron chi connectivity index (χ4n) is 0.177. The minimum absolute atomic E-state index is 0.983. The van der Waals surface area contributed by atoms with E-state index >= 15 is 0 Å². The molecule has 0 aliphatic heterocycles. The highest BCUT2D eigenvalue weighted by atomic mass is 14.8. The number of nitrogens with one attached hydrogen (secondary N) is 1. The maximum Gasteiger partial charge on any atom is -0.00519 e. The molecule has 1 N–H and O–H groups in total. The highest BCUT2D eigenvalue weighted by Gasteiger charge is 1.65. The molecule has 0 rings (SSSR count). The van der Waals surface area contributed by atoms with Crippen LogP contribution in [-0.2, 0) is 0 Å². The van der Waals surface area contributed by atoms with Crippen molar-refractivity contribution in [3.05, 3.63) is 6.92 Å². The third kappa shape index (κ3) is 3.96. The topological polar surface area (TPSA) is 12.0 Å². The van der Waals surface area contributed by atoms with Crippen LogP contribution < -0.4 is 5.32 Å². The first kappa shape index (κ1) is 4.96. The molecule has 0 bridgehead atoms. The van der Waals surface area contributed by atoms with E-state index in [-0.39, 0.29) is 0 Å². The summed E-state index contributed by atoms with van der Waals surface area (Å²) in [7, 11) is 1.92. The summed E-state index contributed by atoms with van der Waals surface area (Å²) in [5.74, 6) is 0. The second-order valence-corrected chi connectivity index (χ2v) is 0.957. The normalized spacial score (nSPS) is 8.40. The van der Waals surface area contributed by atoms with E-state index in [0.29, 0.717) is 0 Å². The van der Waals surface area contributed by atoms with Gasteiger partial charge in [0.15, 0.2) is 0 Å². The lowest BCUT2D eigenvalue weighted by Crippen LogP contribution is -2.05. The van der Waals surface area contributed by atoms with Crippen molar-refractivity contribution in [2.45, 2.75) is 6.42 Å². The molecular weight excluding hydrogens is 62.1 g/mol. The second-order valence-electron chi connectivity index (χ2n) is 0.957. The van der Waals surface area contributed by atoms with Crippen LogP contribution in [0.3, 0.4) is 0 Å². The first-order valence-corrected chi connectivity index (χ1v) is 1.85. The Kier molecular flexibility index (Phi) is 3.93. The summed E-state index contributed by atoms with van der Waals surface area (Å²) < 4.78 is 0. The highest BCUT2D eigenvalue weighted by molar-refractivity contribution is 4.38. The van der Waals surface area contributed by atoms with Crippen LogP contribution >= 0.6 is 0 Å². The van der Waals surface area contributed by atoms with Crippen LogP contribution in [0.15, 0.2) is 0 Å². The van der Waals surface area contributed by atoms with Crippen molar-refractivity contribution in [2.75, 3.05) is 13.6 Å². The Labute approximate surface area is 33.4 Å². The van der Waals surface area contributed by atoms with Crippen molar-refractivity contribution in [3.63, 3.8) is 0 Å². The van der Waals surface area contributed by atoms with Gasteiger partial charge in [-0.3, -0.25) is 0 Å². The molecule has 0 aromatic heterocycles. The Morgan fingerprint density at radius 2 is 2.40 bits per heavy atom. The average molecular weight is 72.1 g/mol. The van der Waals surface area contributed by atoms with Gasteiger partial charge in [0.25, 0.3) is 0 Å². The van der Waals surface area contributed by atoms with Crippen molar-refractivity contribution in [2.24, 2.45) is 0 Å². The molecule has 1 radical (unpaired) electrons. The molecule has 1 nitrogen and oxygen atoms in total. The molecule has 0 unspecified atom stereocenters. The Balaban J connectivity index is 2.19. The fraction of sp³-hybridized carbons (Fsp3) is 0.750. The van der Waals surface area contributed by atoms with Gasteiger partial charge in [0, 0.05) is 0 Å². The number of rotatable bonds is 2. The largest absolute Gasteiger partial charge is 0.320 e. The maximum absolute atomic E-state index is 3.61. The summed E-state index contributed by atoms with van der Waals surface area (Å²) in [6.45, 7) is 4.64. The van der Waals surface area contributed by atoms with Gasteiger partial charge < -0.3 is 5.32 Å². The standard InChI is InChI=1S/C4H10N/c1-3-4-5-2/h5H,1,3-4H2,2H3. The molecule has 5 heavy (non-hydrogen) atoms. The van der Waals surface area contributed by atoms with Crippen LogP contribution in [0.5, 0.6) is 0 Å². The molecule has 0 fully saturated rings. The monoisotopic (exact) mass is 72.1 g/mol. The van der Waals surface area contributed by atoms with Gasteiger partial charge in [-0.25, -0.2) is 0 Å². The van der Waals surface area contributed by atoms with Gasteiger partial charge in [0.2, 0.25) is 0 Å². The van der Waals surface area contributed by atoms with Gasteiger partial charge in [0.05, 0.1) is 0 Å². The molecule has 0 aliphatic rings. The van der Waals surface area contributed by atoms with Crippen LogP contribution in [0.4, 0.5) is 0 Å². The quantitative estimate of drug-likeness (QED) is 0.499. The minimum Gasteiger partial charge on any atom is -0.320 e. The molecule has 0 saturated carbocycles. The zero-order valence-electron chi connectivity index (χ0n) is 3.62. The minimum atomic E-state index is 0.983. The van der Waals surface area contributed by atoms with E-state index in [0.717, 1.165) is 13.0 Å². The van der Waals surface area contributed by atoms with Gasteiger partial charge in [-0.05, 0) is 20.0 Å². The first-order chi connectivity index (χ1) is 2.41. The summed E-state index contributed by atoms with van der Waals surface area (Å²) in [5.41, 5.74) is 0. The van der Waals surface area contributed by atoms with Crippen LogP contribution in [0, 0.1) is 6.92 Å². The first-order valence-electron chi connectivity index (χ1n) is 1.85. The number of hydrogen-bond acceptors (Lipinski definition) is 1. The van der Waals surface area contributed by atoms with E-state index in [1.807, 2.05) is 7.05 Å². The maximum atomic E-state index is 3.61. The molecule has 0 aromatic rings. The smallest absolute Gasteiger partial charge is 0.00519 e. The zero-order chi connectivity index (χ0) is 4.12. The Bertz CT molecular complexity index is 11.1. The lowest BCUT2D eigenvalue weighted by molar-refractivity contribution is 0.806. The van der Waals surface area contributed by atoms with Crippen LogP contribution in [0.1, 0.15) is 6.42 Å².